The molecule has 1 aromatic heterocycles. The molecular weight excluding hydrogens is 387 g/mol. The van der Waals surface area contributed by atoms with Gasteiger partial charge in [0.25, 0.3) is 0 Å². The molecule has 0 radical (unpaired) electrons. The molecule has 2 aromatic rings. The number of hydrogen-bond acceptors (Lipinski definition) is 2. The summed E-state index contributed by atoms with van der Waals surface area (Å²) in [5, 5.41) is 0.551. The van der Waals surface area contributed by atoms with Crippen molar-refractivity contribution in [2.75, 3.05) is 0 Å². The summed E-state index contributed by atoms with van der Waals surface area (Å²) in [6.07, 6.45) is 0. The van der Waals surface area contributed by atoms with Crippen LogP contribution in [0, 0.1) is 6.92 Å². The summed E-state index contributed by atoms with van der Waals surface area (Å²) in [6, 6.07) is 7.06. The molecule has 2 rings (SSSR count). The summed E-state index contributed by atoms with van der Waals surface area (Å²) in [4.78, 5) is 13.3. The largest absolute Gasteiger partial charge is 0.289 e. The lowest BCUT2D eigenvalue weighted by molar-refractivity contribution is 0.103. The van der Waals surface area contributed by atoms with Crippen LogP contribution in [0.1, 0.15) is 20.8 Å². The van der Waals surface area contributed by atoms with E-state index in [4.69, 9.17) is 11.6 Å². The van der Waals surface area contributed by atoms with Gasteiger partial charge in [-0.3, -0.25) is 4.79 Å². The zero-order valence-electron chi connectivity index (χ0n) is 8.76. The Kier molecular flexibility index (Phi) is 4.08. The molecule has 0 unspecified atom stereocenters. The number of benzene rings is 1. The number of carbonyl (C=O) groups is 1. The first-order valence-corrected chi connectivity index (χ1v) is 7.52. The van der Waals surface area contributed by atoms with Crippen LogP contribution in [0.2, 0.25) is 5.02 Å². The first kappa shape index (κ1) is 13.3. The molecule has 88 valence electrons. The van der Waals surface area contributed by atoms with E-state index in [0.717, 1.165) is 18.7 Å². The summed E-state index contributed by atoms with van der Waals surface area (Å²) in [6.45, 7) is 1.93. The Hall–Kier alpha value is -0.160. The molecule has 0 N–H and O–H groups in total. The molecule has 0 aliphatic rings. The fourth-order valence-corrected chi connectivity index (χ4v) is 4.06. The normalized spacial score (nSPS) is 10.6. The lowest BCUT2D eigenvalue weighted by Crippen LogP contribution is -2.01. The minimum absolute atomic E-state index is 0.00681. The van der Waals surface area contributed by atoms with Gasteiger partial charge in [-0.05, 0) is 47.1 Å². The Morgan fingerprint density at radius 1 is 1.24 bits per heavy atom. The van der Waals surface area contributed by atoms with Crippen molar-refractivity contribution in [2.45, 2.75) is 6.92 Å². The van der Waals surface area contributed by atoms with E-state index in [1.54, 1.807) is 29.5 Å². The summed E-state index contributed by atoms with van der Waals surface area (Å²) in [7, 11) is 0. The predicted molar refractivity (Wildman–Crippen MR) is 79.3 cm³/mol. The molecule has 1 aromatic carbocycles. The zero-order chi connectivity index (χ0) is 12.6. The lowest BCUT2D eigenvalue weighted by atomic mass is 10.0. The maximum absolute atomic E-state index is 12.3. The molecule has 5 heteroatoms. The zero-order valence-corrected chi connectivity index (χ0v) is 13.5. The minimum atomic E-state index is -0.00681. The van der Waals surface area contributed by atoms with Crippen molar-refractivity contribution in [3.63, 3.8) is 0 Å². The van der Waals surface area contributed by atoms with Crippen LogP contribution >= 0.6 is 54.8 Å². The Morgan fingerprint density at radius 2 is 1.94 bits per heavy atom. The SMILES string of the molecule is Cc1sc(Br)cc1C(=O)c1cc(Cl)cc(Br)c1. The van der Waals surface area contributed by atoms with E-state index in [2.05, 4.69) is 31.9 Å². The van der Waals surface area contributed by atoms with Gasteiger partial charge in [-0.15, -0.1) is 11.3 Å². The number of carbonyl (C=O) groups excluding carboxylic acids is 1. The van der Waals surface area contributed by atoms with Gasteiger partial charge in [0.15, 0.2) is 5.78 Å². The molecular formula is C12H7Br2ClOS. The smallest absolute Gasteiger partial charge is 0.194 e. The third-order valence-electron chi connectivity index (χ3n) is 2.26. The Morgan fingerprint density at radius 3 is 2.47 bits per heavy atom. The van der Waals surface area contributed by atoms with Crippen LogP contribution in [0.5, 0.6) is 0 Å². The van der Waals surface area contributed by atoms with Gasteiger partial charge in [0.1, 0.15) is 0 Å². The molecule has 0 amide bonds. The topological polar surface area (TPSA) is 17.1 Å². The van der Waals surface area contributed by atoms with Gasteiger partial charge in [0.05, 0.1) is 3.79 Å². The van der Waals surface area contributed by atoms with Crippen LogP contribution < -0.4 is 0 Å². The molecule has 17 heavy (non-hydrogen) atoms. The number of hydrogen-bond donors (Lipinski definition) is 0. The van der Waals surface area contributed by atoms with Gasteiger partial charge in [-0.25, -0.2) is 0 Å². The van der Waals surface area contributed by atoms with E-state index in [0.29, 0.717) is 10.6 Å². The van der Waals surface area contributed by atoms with E-state index in [1.807, 2.05) is 13.0 Å². The van der Waals surface area contributed by atoms with Crippen molar-refractivity contribution >= 4 is 60.6 Å². The van der Waals surface area contributed by atoms with Crippen LogP contribution in [0.25, 0.3) is 0 Å². The van der Waals surface area contributed by atoms with Gasteiger partial charge in [0.2, 0.25) is 0 Å². The quantitative estimate of drug-likeness (QED) is 0.618. The Labute approximate surface area is 125 Å². The molecule has 0 aliphatic heterocycles. The molecule has 0 fully saturated rings. The van der Waals surface area contributed by atoms with Crippen LogP contribution in [0.3, 0.4) is 0 Å². The van der Waals surface area contributed by atoms with Crippen LogP contribution in [0.4, 0.5) is 0 Å². The maximum atomic E-state index is 12.3. The maximum Gasteiger partial charge on any atom is 0.194 e. The molecule has 0 atom stereocenters. The van der Waals surface area contributed by atoms with Crippen molar-refractivity contribution in [3.8, 4) is 0 Å². The van der Waals surface area contributed by atoms with Crippen LogP contribution in [-0.2, 0) is 0 Å². The second kappa shape index (κ2) is 5.22. The fraction of sp³-hybridized carbons (Fsp3) is 0.0833. The minimum Gasteiger partial charge on any atom is -0.289 e. The van der Waals surface area contributed by atoms with E-state index in [9.17, 15) is 4.79 Å². The highest BCUT2D eigenvalue weighted by Crippen LogP contribution is 2.29. The molecule has 0 bridgehead atoms. The van der Waals surface area contributed by atoms with E-state index >= 15 is 0 Å². The van der Waals surface area contributed by atoms with Gasteiger partial charge in [-0.2, -0.15) is 0 Å². The monoisotopic (exact) mass is 392 g/mol. The van der Waals surface area contributed by atoms with Gasteiger partial charge >= 0.3 is 0 Å². The number of ketones is 1. The fourth-order valence-electron chi connectivity index (χ4n) is 1.51. The first-order valence-electron chi connectivity index (χ1n) is 4.74. The summed E-state index contributed by atoms with van der Waals surface area (Å²) in [5.41, 5.74) is 1.31. The number of rotatable bonds is 2. The average Bonchev–Trinajstić information content (AvgIpc) is 2.55. The lowest BCUT2D eigenvalue weighted by Gasteiger charge is -2.02. The highest BCUT2D eigenvalue weighted by molar-refractivity contribution is 9.11. The second-order valence-corrected chi connectivity index (χ2v) is 7.50. The van der Waals surface area contributed by atoms with E-state index in [1.165, 1.54) is 0 Å². The number of thiophene rings is 1. The van der Waals surface area contributed by atoms with E-state index < -0.39 is 0 Å². The molecule has 0 saturated carbocycles. The van der Waals surface area contributed by atoms with Crippen LogP contribution in [-0.4, -0.2) is 5.78 Å². The van der Waals surface area contributed by atoms with Crippen molar-refractivity contribution in [1.29, 1.82) is 0 Å². The van der Waals surface area contributed by atoms with E-state index in [-0.39, 0.29) is 5.78 Å². The van der Waals surface area contributed by atoms with Crippen LogP contribution in [0.15, 0.2) is 32.5 Å². The summed E-state index contributed by atoms with van der Waals surface area (Å²) in [5.74, 6) is -0.00681. The standard InChI is InChI=1S/C12H7Br2ClOS/c1-6-10(5-11(14)17-6)12(16)7-2-8(13)4-9(15)3-7/h2-5H,1H3. The molecule has 1 heterocycles. The third-order valence-corrected chi connectivity index (χ3v) is 4.49. The van der Waals surface area contributed by atoms with Crippen molar-refractivity contribution in [1.82, 2.24) is 0 Å². The second-order valence-electron chi connectivity index (χ2n) is 3.51. The molecule has 0 spiro atoms. The Bertz CT molecular complexity index is 572. The van der Waals surface area contributed by atoms with Gasteiger partial charge in [0, 0.05) is 25.5 Å². The molecule has 0 saturated heterocycles. The number of aryl methyl sites for hydroxylation is 1. The average molecular weight is 395 g/mol. The third kappa shape index (κ3) is 2.99. The first-order chi connectivity index (χ1) is 7.97. The van der Waals surface area contributed by atoms with Gasteiger partial charge < -0.3 is 0 Å². The summed E-state index contributed by atoms with van der Waals surface area (Å²) < 4.78 is 1.76. The highest BCUT2D eigenvalue weighted by Gasteiger charge is 2.15. The summed E-state index contributed by atoms with van der Waals surface area (Å²) >= 11 is 14.2. The molecule has 0 aliphatic carbocycles. The molecule has 1 nitrogen and oxygen atoms in total. The van der Waals surface area contributed by atoms with Crippen molar-refractivity contribution in [2.24, 2.45) is 0 Å². The highest BCUT2D eigenvalue weighted by atomic mass is 79.9. The van der Waals surface area contributed by atoms with Gasteiger partial charge in [-0.1, -0.05) is 27.5 Å². The number of halogens is 3. The Balaban J connectivity index is 2.47. The van der Waals surface area contributed by atoms with Crippen molar-refractivity contribution in [3.05, 3.63) is 53.6 Å². The predicted octanol–water partition coefficient (Wildman–Crippen LogP) is 5.47. The van der Waals surface area contributed by atoms with Crippen molar-refractivity contribution < 1.29 is 4.79 Å².